The Labute approximate surface area is 183 Å². The molecule has 5 N–H and O–H groups in total. The van der Waals surface area contributed by atoms with E-state index in [1.165, 1.54) is 6.33 Å². The fourth-order valence-electron chi connectivity index (χ4n) is 4.50. The Balaban J connectivity index is 1.37. The maximum absolute atomic E-state index is 12.8. The minimum atomic E-state index is -0.901. The summed E-state index contributed by atoms with van der Waals surface area (Å²) >= 11 is 0. The second-order valence-electron chi connectivity index (χ2n) is 8.78. The molecule has 0 unspecified atom stereocenters. The maximum Gasteiger partial charge on any atom is 0.242 e. The summed E-state index contributed by atoms with van der Waals surface area (Å²) < 4.78 is 7.80. The zero-order chi connectivity index (χ0) is 21.9. The molecule has 3 aromatic heterocycles. The molecule has 32 heavy (non-hydrogen) atoms. The van der Waals surface area contributed by atoms with Gasteiger partial charge in [-0.05, 0) is 37.5 Å². The number of benzene rings is 1. The van der Waals surface area contributed by atoms with Gasteiger partial charge < -0.3 is 30.7 Å². The number of rotatable bonds is 5. The molecule has 1 saturated carbocycles. The molecule has 1 aliphatic heterocycles. The summed E-state index contributed by atoms with van der Waals surface area (Å²) in [4.78, 5) is 27.7. The second-order valence-corrected chi connectivity index (χ2v) is 8.78. The molecule has 10 nitrogen and oxygen atoms in total. The van der Waals surface area contributed by atoms with Gasteiger partial charge in [0.1, 0.15) is 23.0 Å². The highest BCUT2D eigenvalue weighted by Crippen LogP contribution is 2.35. The Morgan fingerprint density at radius 3 is 2.97 bits per heavy atom. The van der Waals surface area contributed by atoms with Gasteiger partial charge in [0.15, 0.2) is 11.5 Å². The van der Waals surface area contributed by atoms with E-state index in [4.69, 9.17) is 15.9 Å². The Kier molecular flexibility index (Phi) is 4.12. The van der Waals surface area contributed by atoms with Crippen molar-refractivity contribution >= 4 is 39.5 Å². The lowest BCUT2D eigenvalue weighted by molar-refractivity contribution is -0.125. The number of carbonyl (C=O) groups excluding carboxylic acids is 1. The Bertz CT molecular complexity index is 1340. The lowest BCUT2D eigenvalue weighted by Gasteiger charge is -2.26. The van der Waals surface area contributed by atoms with E-state index in [1.807, 2.05) is 16.7 Å². The molecule has 4 heterocycles. The minimum Gasteiger partial charge on any atom is -0.464 e. The van der Waals surface area contributed by atoms with E-state index in [2.05, 4.69) is 31.2 Å². The summed E-state index contributed by atoms with van der Waals surface area (Å²) in [6, 6.07) is 6.33. The van der Waals surface area contributed by atoms with Crippen LogP contribution in [0.4, 0.5) is 11.5 Å². The third kappa shape index (κ3) is 3.06. The van der Waals surface area contributed by atoms with Crippen LogP contribution in [0.15, 0.2) is 41.5 Å². The number of carbonyl (C=O) groups is 1. The zero-order valence-electron chi connectivity index (χ0n) is 17.5. The summed E-state index contributed by atoms with van der Waals surface area (Å²) in [6.45, 7) is 1.62. The van der Waals surface area contributed by atoms with Crippen LogP contribution in [0.5, 0.6) is 0 Å². The lowest BCUT2D eigenvalue weighted by Crippen LogP contribution is -2.56. The standard InChI is InChI=1S/C22H24N8O2/c23-19-17-20(26-11-25-19)30(12-27-17)9-15-16(4-1-13-5-8-32-18(13)15)29-7-6-22(24,10-29)21(31)28-14-2-3-14/h1,4-5,8,11-12,14H,2-3,6-7,9-10,24H2,(H,28,31)(H2,23,25,26)/t22-/m1/s1. The van der Waals surface area contributed by atoms with Crippen LogP contribution in [-0.4, -0.2) is 50.1 Å². The Hall–Kier alpha value is -3.66. The smallest absolute Gasteiger partial charge is 0.242 e. The first-order valence-electron chi connectivity index (χ1n) is 10.8. The third-order valence-electron chi connectivity index (χ3n) is 6.46. The number of fused-ring (bicyclic) bond motifs is 2. The van der Waals surface area contributed by atoms with Gasteiger partial charge in [0.2, 0.25) is 5.91 Å². The second kappa shape index (κ2) is 6.92. The van der Waals surface area contributed by atoms with E-state index in [9.17, 15) is 4.79 Å². The number of hydrogen-bond acceptors (Lipinski definition) is 8. The molecule has 0 bridgehead atoms. The van der Waals surface area contributed by atoms with Gasteiger partial charge in [0.25, 0.3) is 0 Å². The molecule has 1 saturated heterocycles. The summed E-state index contributed by atoms with van der Waals surface area (Å²) in [7, 11) is 0. The van der Waals surface area contributed by atoms with Crippen molar-refractivity contribution in [1.82, 2.24) is 24.8 Å². The molecule has 1 aliphatic carbocycles. The van der Waals surface area contributed by atoms with Gasteiger partial charge >= 0.3 is 0 Å². The first-order valence-corrected chi connectivity index (χ1v) is 10.8. The van der Waals surface area contributed by atoms with Gasteiger partial charge in [-0.2, -0.15) is 0 Å². The van der Waals surface area contributed by atoms with Gasteiger partial charge in [-0.3, -0.25) is 4.79 Å². The summed E-state index contributed by atoms with van der Waals surface area (Å²) in [5, 5.41) is 4.07. The molecular formula is C22H24N8O2. The van der Waals surface area contributed by atoms with Crippen LogP contribution in [-0.2, 0) is 11.3 Å². The molecule has 1 amide bonds. The van der Waals surface area contributed by atoms with Gasteiger partial charge in [-0.25, -0.2) is 15.0 Å². The topological polar surface area (TPSA) is 141 Å². The monoisotopic (exact) mass is 432 g/mol. The highest BCUT2D eigenvalue weighted by atomic mass is 16.3. The van der Waals surface area contributed by atoms with E-state index in [-0.39, 0.29) is 11.9 Å². The zero-order valence-corrected chi connectivity index (χ0v) is 17.5. The largest absolute Gasteiger partial charge is 0.464 e. The fraction of sp³-hybridized carbons (Fsp3) is 0.364. The van der Waals surface area contributed by atoms with Crippen molar-refractivity contribution in [3.05, 3.63) is 42.7 Å². The predicted molar refractivity (Wildman–Crippen MR) is 120 cm³/mol. The van der Waals surface area contributed by atoms with E-state index < -0.39 is 5.54 Å². The van der Waals surface area contributed by atoms with Crippen molar-refractivity contribution in [3.8, 4) is 0 Å². The number of hydrogen-bond donors (Lipinski definition) is 3. The number of nitrogens with two attached hydrogens (primary N) is 2. The Morgan fingerprint density at radius 2 is 2.12 bits per heavy atom. The first-order chi connectivity index (χ1) is 15.5. The first kappa shape index (κ1) is 19.1. The van der Waals surface area contributed by atoms with Crippen molar-refractivity contribution < 1.29 is 9.21 Å². The number of furan rings is 1. The number of nitrogens with one attached hydrogen (secondary N) is 1. The van der Waals surface area contributed by atoms with E-state index in [0.717, 1.165) is 35.1 Å². The molecule has 1 aromatic carbocycles. The molecule has 4 aromatic rings. The van der Waals surface area contributed by atoms with E-state index in [1.54, 1.807) is 12.6 Å². The SMILES string of the molecule is Nc1ncnc2c1ncn2Cc1c(N2CC[C@](N)(C(=O)NC3CC3)C2)ccc2ccoc12. The Morgan fingerprint density at radius 1 is 1.25 bits per heavy atom. The van der Waals surface area contributed by atoms with Gasteiger partial charge in [0.05, 0.1) is 19.1 Å². The fourth-order valence-corrected chi connectivity index (χ4v) is 4.50. The summed E-state index contributed by atoms with van der Waals surface area (Å²) in [5.41, 5.74) is 15.6. The van der Waals surface area contributed by atoms with E-state index >= 15 is 0 Å². The van der Waals surface area contributed by atoms with Gasteiger partial charge in [-0.15, -0.1) is 0 Å². The average molecular weight is 432 g/mol. The minimum absolute atomic E-state index is 0.0593. The average Bonchev–Trinajstić information content (AvgIpc) is 3.16. The predicted octanol–water partition coefficient (Wildman–Crippen LogP) is 1.39. The molecule has 0 radical (unpaired) electrons. The quantitative estimate of drug-likeness (QED) is 0.430. The molecule has 1 atom stereocenters. The number of imidazole rings is 1. The highest BCUT2D eigenvalue weighted by Gasteiger charge is 2.43. The summed E-state index contributed by atoms with van der Waals surface area (Å²) in [6.07, 6.45) is 7.51. The molecule has 164 valence electrons. The van der Waals surface area contributed by atoms with Gasteiger partial charge in [0, 0.05) is 35.8 Å². The van der Waals surface area contributed by atoms with Gasteiger partial charge in [-0.1, -0.05) is 0 Å². The normalized spacial score (nSPS) is 21.0. The highest BCUT2D eigenvalue weighted by molar-refractivity contribution is 5.90. The van der Waals surface area contributed by atoms with Crippen LogP contribution in [0, 0.1) is 0 Å². The number of aromatic nitrogens is 4. The van der Waals surface area contributed by atoms with Crippen LogP contribution < -0.4 is 21.7 Å². The maximum atomic E-state index is 12.8. The van der Waals surface area contributed by atoms with Crippen molar-refractivity contribution in [2.24, 2.45) is 5.73 Å². The number of anilines is 2. The molecule has 2 aliphatic rings. The molecular weight excluding hydrogens is 408 g/mol. The molecule has 0 spiro atoms. The molecule has 10 heteroatoms. The van der Waals surface area contributed by atoms with Crippen LogP contribution in [0.3, 0.4) is 0 Å². The van der Waals surface area contributed by atoms with Crippen molar-refractivity contribution in [1.29, 1.82) is 0 Å². The van der Waals surface area contributed by atoms with Crippen LogP contribution in [0.25, 0.3) is 22.1 Å². The van der Waals surface area contributed by atoms with Crippen molar-refractivity contribution in [2.45, 2.75) is 37.4 Å². The van der Waals surface area contributed by atoms with Crippen LogP contribution in [0.1, 0.15) is 24.8 Å². The molecule has 2 fully saturated rings. The van der Waals surface area contributed by atoms with Crippen LogP contribution in [0.2, 0.25) is 0 Å². The van der Waals surface area contributed by atoms with Crippen molar-refractivity contribution in [2.75, 3.05) is 23.7 Å². The van der Waals surface area contributed by atoms with Crippen LogP contribution >= 0.6 is 0 Å². The summed E-state index contributed by atoms with van der Waals surface area (Å²) in [5.74, 6) is 0.287. The number of amides is 1. The van der Waals surface area contributed by atoms with E-state index in [0.29, 0.717) is 43.0 Å². The number of nitrogens with zero attached hydrogens (tertiary/aromatic N) is 5. The third-order valence-corrected chi connectivity index (χ3v) is 6.46. The number of nitrogen functional groups attached to an aromatic ring is 1. The van der Waals surface area contributed by atoms with Crippen molar-refractivity contribution in [3.63, 3.8) is 0 Å². The lowest BCUT2D eigenvalue weighted by atomic mass is 9.99. The molecule has 6 rings (SSSR count).